The molecule has 6 nitrogen and oxygen atoms in total. The normalized spacial score (nSPS) is 14.8. The third kappa shape index (κ3) is 2.30. The predicted molar refractivity (Wildman–Crippen MR) is 75.0 cm³/mol. The number of benzene rings is 1. The number of rotatable bonds is 3. The number of para-hydroxylation sites is 1. The second-order valence-electron chi connectivity index (χ2n) is 4.88. The van der Waals surface area contributed by atoms with E-state index in [2.05, 4.69) is 10.2 Å². The van der Waals surface area contributed by atoms with E-state index in [9.17, 15) is 15.0 Å². The average Bonchev–Trinajstić information content (AvgIpc) is 2.69. The smallest absolute Gasteiger partial charge is 0.295 e. The number of carbonyl (C=O) groups excluding carboxylic acids is 1. The van der Waals surface area contributed by atoms with E-state index in [1.807, 2.05) is 18.2 Å². The summed E-state index contributed by atoms with van der Waals surface area (Å²) in [4.78, 5) is 11.7. The quantitative estimate of drug-likeness (QED) is 0.844. The van der Waals surface area contributed by atoms with Gasteiger partial charge in [-0.3, -0.25) is 4.79 Å². The van der Waals surface area contributed by atoms with Crippen LogP contribution in [0.2, 0.25) is 0 Å². The molecule has 0 bridgehead atoms. The molecule has 0 saturated carbocycles. The summed E-state index contributed by atoms with van der Waals surface area (Å²) in [5, 5.41) is 27.8. The molecule has 1 atom stereocenters. The first kappa shape index (κ1) is 14.2. The van der Waals surface area contributed by atoms with Crippen LogP contribution < -0.4 is 0 Å². The number of amides is 1. The molecule has 0 fully saturated rings. The van der Waals surface area contributed by atoms with Crippen molar-refractivity contribution in [3.63, 3.8) is 0 Å². The van der Waals surface area contributed by atoms with Crippen LogP contribution in [0, 0.1) is 0 Å². The maximum absolute atomic E-state index is 11.7. The van der Waals surface area contributed by atoms with Crippen molar-refractivity contribution < 1.29 is 15.0 Å². The molecule has 20 heavy (non-hydrogen) atoms. The minimum Gasteiger partial charge on any atom is -0.493 e. The largest absolute Gasteiger partial charge is 0.493 e. The summed E-state index contributed by atoms with van der Waals surface area (Å²) in [6.45, 7) is 3.07. The Morgan fingerprint density at radius 3 is 2.70 bits per heavy atom. The Kier molecular flexibility index (Phi) is 3.59. The number of nitrogens with zero attached hydrogens (tertiary/aromatic N) is 3. The van der Waals surface area contributed by atoms with Crippen LogP contribution in [-0.4, -0.2) is 26.3 Å². The van der Waals surface area contributed by atoms with Crippen LogP contribution in [-0.2, 0) is 11.8 Å². The molecule has 6 heteroatoms. The van der Waals surface area contributed by atoms with Gasteiger partial charge in [0.25, 0.3) is 5.91 Å². The van der Waals surface area contributed by atoms with E-state index in [4.69, 9.17) is 0 Å². The average molecular weight is 275 g/mol. The standard InChI is InChI=1S/C14H17N3O3/c1-4-14(2,20)13(19)16-15-11-9-7-5-6-8-10(9)17(3)12(11)18/h5-8,18,20H,4H2,1-3H3. The van der Waals surface area contributed by atoms with Gasteiger partial charge in [0.05, 0.1) is 5.52 Å². The van der Waals surface area contributed by atoms with E-state index < -0.39 is 11.5 Å². The molecule has 0 spiro atoms. The van der Waals surface area contributed by atoms with E-state index in [1.54, 1.807) is 24.6 Å². The number of aromatic hydroxyl groups is 1. The second-order valence-corrected chi connectivity index (χ2v) is 4.88. The van der Waals surface area contributed by atoms with Gasteiger partial charge in [-0.25, -0.2) is 0 Å². The van der Waals surface area contributed by atoms with E-state index in [1.165, 1.54) is 6.92 Å². The van der Waals surface area contributed by atoms with E-state index in [0.29, 0.717) is 5.39 Å². The van der Waals surface area contributed by atoms with E-state index in [-0.39, 0.29) is 18.0 Å². The van der Waals surface area contributed by atoms with Crippen LogP contribution in [0.4, 0.5) is 5.69 Å². The molecule has 0 radical (unpaired) electrons. The maximum Gasteiger partial charge on any atom is 0.295 e. The highest BCUT2D eigenvalue weighted by Gasteiger charge is 2.28. The van der Waals surface area contributed by atoms with Crippen molar-refractivity contribution in [1.82, 2.24) is 4.57 Å². The fourth-order valence-electron chi connectivity index (χ4n) is 1.81. The second kappa shape index (κ2) is 5.05. The summed E-state index contributed by atoms with van der Waals surface area (Å²) >= 11 is 0. The van der Waals surface area contributed by atoms with Gasteiger partial charge >= 0.3 is 0 Å². The Labute approximate surface area is 116 Å². The molecule has 0 aliphatic rings. The van der Waals surface area contributed by atoms with Gasteiger partial charge in [-0.2, -0.15) is 0 Å². The zero-order valence-corrected chi connectivity index (χ0v) is 11.7. The fraction of sp³-hybridized carbons (Fsp3) is 0.357. The van der Waals surface area contributed by atoms with Crippen molar-refractivity contribution in [2.24, 2.45) is 17.3 Å². The summed E-state index contributed by atoms with van der Waals surface area (Å²) in [5.41, 5.74) is -0.527. The lowest BCUT2D eigenvalue weighted by Crippen LogP contribution is -2.32. The van der Waals surface area contributed by atoms with Crippen LogP contribution in [0.5, 0.6) is 5.88 Å². The van der Waals surface area contributed by atoms with Crippen molar-refractivity contribution in [2.75, 3.05) is 0 Å². The van der Waals surface area contributed by atoms with Gasteiger partial charge in [-0.05, 0) is 19.4 Å². The Morgan fingerprint density at radius 1 is 1.40 bits per heavy atom. The number of aliphatic hydroxyl groups is 1. The molecule has 1 aromatic heterocycles. The van der Waals surface area contributed by atoms with Crippen LogP contribution in [0.15, 0.2) is 34.5 Å². The highest BCUT2D eigenvalue weighted by Crippen LogP contribution is 2.37. The number of carbonyl (C=O) groups is 1. The first-order valence-electron chi connectivity index (χ1n) is 6.33. The maximum atomic E-state index is 11.7. The number of fused-ring (bicyclic) bond motifs is 1. The van der Waals surface area contributed by atoms with Crippen molar-refractivity contribution in [3.05, 3.63) is 24.3 Å². The van der Waals surface area contributed by atoms with E-state index in [0.717, 1.165) is 5.52 Å². The molecular formula is C14H17N3O3. The molecule has 1 heterocycles. The van der Waals surface area contributed by atoms with Gasteiger partial charge in [-0.15, -0.1) is 10.2 Å². The minimum atomic E-state index is -1.54. The summed E-state index contributed by atoms with van der Waals surface area (Å²) in [5.74, 6) is -0.800. The molecular weight excluding hydrogens is 258 g/mol. The lowest BCUT2D eigenvalue weighted by atomic mass is 10.0. The van der Waals surface area contributed by atoms with Crippen LogP contribution in [0.25, 0.3) is 10.9 Å². The lowest BCUT2D eigenvalue weighted by molar-refractivity contribution is -0.135. The predicted octanol–water partition coefficient (Wildman–Crippen LogP) is 2.66. The zero-order chi connectivity index (χ0) is 14.9. The first-order valence-corrected chi connectivity index (χ1v) is 6.33. The molecule has 2 rings (SSSR count). The Hall–Kier alpha value is -2.21. The fourth-order valence-corrected chi connectivity index (χ4v) is 1.81. The highest BCUT2D eigenvalue weighted by atomic mass is 16.3. The van der Waals surface area contributed by atoms with Crippen molar-refractivity contribution in [2.45, 2.75) is 25.9 Å². The lowest BCUT2D eigenvalue weighted by Gasteiger charge is -2.14. The molecule has 1 aromatic carbocycles. The third-order valence-corrected chi connectivity index (χ3v) is 3.44. The van der Waals surface area contributed by atoms with Crippen LogP contribution in [0.3, 0.4) is 0 Å². The Balaban J connectivity index is 2.45. The molecule has 0 saturated heterocycles. The number of aromatic nitrogens is 1. The van der Waals surface area contributed by atoms with Gasteiger partial charge in [0.1, 0.15) is 5.60 Å². The molecule has 1 unspecified atom stereocenters. The zero-order valence-electron chi connectivity index (χ0n) is 11.7. The van der Waals surface area contributed by atoms with Gasteiger partial charge in [-0.1, -0.05) is 25.1 Å². The topological polar surface area (TPSA) is 87.2 Å². The molecule has 106 valence electrons. The Bertz CT molecular complexity index is 686. The SMILES string of the molecule is CCC(C)(O)C(=O)N=Nc1c(O)n(C)c2ccccc12. The summed E-state index contributed by atoms with van der Waals surface area (Å²) in [6, 6.07) is 7.27. The summed E-state index contributed by atoms with van der Waals surface area (Å²) in [6.07, 6.45) is 0.242. The number of azo groups is 1. The number of hydrogen-bond acceptors (Lipinski definition) is 4. The third-order valence-electron chi connectivity index (χ3n) is 3.44. The Morgan fingerprint density at radius 2 is 2.05 bits per heavy atom. The number of hydrogen-bond donors (Lipinski definition) is 2. The van der Waals surface area contributed by atoms with Gasteiger partial charge in [0, 0.05) is 12.4 Å². The number of aryl methyl sites for hydroxylation is 1. The molecule has 0 aliphatic carbocycles. The van der Waals surface area contributed by atoms with Gasteiger partial charge in [0.2, 0.25) is 5.88 Å². The van der Waals surface area contributed by atoms with Gasteiger partial charge in [0.15, 0.2) is 5.69 Å². The van der Waals surface area contributed by atoms with Crippen LogP contribution in [0.1, 0.15) is 20.3 Å². The molecule has 1 amide bonds. The van der Waals surface area contributed by atoms with Crippen molar-refractivity contribution in [1.29, 1.82) is 0 Å². The summed E-state index contributed by atoms with van der Waals surface area (Å²) in [7, 11) is 1.70. The van der Waals surface area contributed by atoms with Gasteiger partial charge < -0.3 is 14.8 Å². The first-order chi connectivity index (χ1) is 9.38. The van der Waals surface area contributed by atoms with Crippen molar-refractivity contribution in [3.8, 4) is 5.88 Å². The van der Waals surface area contributed by atoms with Crippen molar-refractivity contribution >= 4 is 22.5 Å². The highest BCUT2D eigenvalue weighted by molar-refractivity contribution is 5.95. The van der Waals surface area contributed by atoms with Crippen LogP contribution >= 0.6 is 0 Å². The monoisotopic (exact) mass is 275 g/mol. The molecule has 0 aliphatic heterocycles. The van der Waals surface area contributed by atoms with E-state index >= 15 is 0 Å². The summed E-state index contributed by atoms with van der Waals surface area (Å²) < 4.78 is 1.56. The molecule has 2 aromatic rings. The minimum absolute atomic E-state index is 0.0705. The molecule has 2 N–H and O–H groups in total.